The lowest BCUT2D eigenvalue weighted by Crippen LogP contribution is -2.18. The van der Waals surface area contributed by atoms with Gasteiger partial charge in [-0.3, -0.25) is 4.98 Å². The van der Waals surface area contributed by atoms with E-state index in [1.54, 1.807) is 18.2 Å². The zero-order valence-electron chi connectivity index (χ0n) is 12.5. The highest BCUT2D eigenvalue weighted by Gasteiger charge is 2.16. The molecule has 2 N–H and O–H groups in total. The zero-order chi connectivity index (χ0) is 16.4. The van der Waals surface area contributed by atoms with Gasteiger partial charge in [-0.2, -0.15) is 0 Å². The van der Waals surface area contributed by atoms with Crippen LogP contribution in [0.4, 0.5) is 14.5 Å². The summed E-state index contributed by atoms with van der Waals surface area (Å²) in [5.41, 5.74) is 0.669. The second-order valence-electron chi connectivity index (χ2n) is 5.45. The van der Waals surface area contributed by atoms with Crippen molar-refractivity contribution in [1.82, 2.24) is 4.98 Å². The van der Waals surface area contributed by atoms with Gasteiger partial charge in [0.25, 0.3) is 0 Å². The summed E-state index contributed by atoms with van der Waals surface area (Å²) in [6, 6.07) is 6.96. The number of aromatic nitrogens is 1. The van der Waals surface area contributed by atoms with Crippen molar-refractivity contribution in [3.8, 4) is 0 Å². The maximum Gasteiger partial charge on any atom is 0.152 e. The molecule has 3 rings (SSSR count). The first-order valence-corrected chi connectivity index (χ1v) is 7.26. The van der Waals surface area contributed by atoms with Gasteiger partial charge in [0, 0.05) is 35.8 Å². The Labute approximate surface area is 131 Å². The van der Waals surface area contributed by atoms with Gasteiger partial charge in [-0.1, -0.05) is 0 Å². The molecule has 0 fully saturated rings. The third kappa shape index (κ3) is 3.32. The van der Waals surface area contributed by atoms with Gasteiger partial charge >= 0.3 is 0 Å². The van der Waals surface area contributed by atoms with Gasteiger partial charge < -0.3 is 14.8 Å². The maximum absolute atomic E-state index is 13.8. The molecule has 1 aromatic carbocycles. The average Bonchev–Trinajstić information content (AvgIpc) is 3.02. The summed E-state index contributed by atoms with van der Waals surface area (Å²) in [7, 11) is 0. The van der Waals surface area contributed by atoms with Gasteiger partial charge in [0.05, 0.1) is 6.26 Å². The molecule has 0 aliphatic carbocycles. The van der Waals surface area contributed by atoms with Crippen LogP contribution in [0.5, 0.6) is 0 Å². The van der Waals surface area contributed by atoms with Gasteiger partial charge in [0.2, 0.25) is 0 Å². The van der Waals surface area contributed by atoms with Crippen molar-refractivity contribution in [2.75, 3.05) is 5.32 Å². The summed E-state index contributed by atoms with van der Waals surface area (Å²) in [5, 5.41) is 13.6. The Hall–Kier alpha value is -2.47. The smallest absolute Gasteiger partial charge is 0.152 e. The highest BCUT2D eigenvalue weighted by molar-refractivity contribution is 5.91. The molecule has 2 unspecified atom stereocenters. The fraction of sp³-hybridized carbons (Fsp3) is 0.235. The van der Waals surface area contributed by atoms with Gasteiger partial charge in [-0.05, 0) is 31.2 Å². The number of furan rings is 1. The molecule has 6 heteroatoms. The monoisotopic (exact) mass is 318 g/mol. The standard InChI is InChI=1S/C17H16F2N2O2/c1-10(7-15(22)16-3-2-6-23-16)21-14-4-5-20-17-12(14)8-11(18)9-13(17)19/h2-6,8-10,15,22H,7H2,1H3,(H,20,21). The molecule has 0 saturated heterocycles. The lowest BCUT2D eigenvalue weighted by atomic mass is 10.1. The molecular formula is C17H16F2N2O2. The Bertz CT molecular complexity index is 806. The minimum Gasteiger partial charge on any atom is -0.467 e. The molecule has 0 aliphatic rings. The Morgan fingerprint density at radius 1 is 1.30 bits per heavy atom. The van der Waals surface area contributed by atoms with Crippen LogP contribution in [0.1, 0.15) is 25.2 Å². The number of aliphatic hydroxyl groups is 1. The summed E-state index contributed by atoms with van der Waals surface area (Å²) >= 11 is 0. The van der Waals surface area contributed by atoms with Crippen molar-refractivity contribution < 1.29 is 18.3 Å². The minimum absolute atomic E-state index is 0.107. The van der Waals surface area contributed by atoms with Crippen molar-refractivity contribution >= 4 is 16.6 Å². The van der Waals surface area contributed by atoms with E-state index in [1.165, 1.54) is 18.5 Å². The third-order valence-corrected chi connectivity index (χ3v) is 3.61. The molecule has 3 aromatic rings. The van der Waals surface area contributed by atoms with Crippen LogP contribution < -0.4 is 5.32 Å². The van der Waals surface area contributed by atoms with Crippen LogP contribution in [0.25, 0.3) is 10.9 Å². The summed E-state index contributed by atoms with van der Waals surface area (Å²) in [6.07, 6.45) is 2.59. The minimum atomic E-state index is -0.755. The third-order valence-electron chi connectivity index (χ3n) is 3.61. The van der Waals surface area contributed by atoms with Crippen LogP contribution in [-0.4, -0.2) is 16.1 Å². The van der Waals surface area contributed by atoms with Crippen molar-refractivity contribution in [3.63, 3.8) is 0 Å². The number of aliphatic hydroxyl groups excluding tert-OH is 1. The van der Waals surface area contributed by atoms with E-state index in [0.29, 0.717) is 23.3 Å². The van der Waals surface area contributed by atoms with Crippen molar-refractivity contribution in [2.45, 2.75) is 25.5 Å². The topological polar surface area (TPSA) is 58.3 Å². The van der Waals surface area contributed by atoms with E-state index in [0.717, 1.165) is 6.07 Å². The van der Waals surface area contributed by atoms with Crippen LogP contribution in [0.2, 0.25) is 0 Å². The van der Waals surface area contributed by atoms with Crippen LogP contribution in [-0.2, 0) is 0 Å². The van der Waals surface area contributed by atoms with Crippen LogP contribution in [0, 0.1) is 11.6 Å². The number of benzene rings is 1. The zero-order valence-corrected chi connectivity index (χ0v) is 12.5. The predicted molar refractivity (Wildman–Crippen MR) is 83.0 cm³/mol. The first-order valence-electron chi connectivity index (χ1n) is 7.26. The highest BCUT2D eigenvalue weighted by atomic mass is 19.1. The summed E-state index contributed by atoms with van der Waals surface area (Å²) in [4.78, 5) is 3.95. The first kappa shape index (κ1) is 15.4. The molecule has 4 nitrogen and oxygen atoms in total. The molecule has 0 bridgehead atoms. The Balaban J connectivity index is 1.81. The molecule has 23 heavy (non-hydrogen) atoms. The van der Waals surface area contributed by atoms with E-state index < -0.39 is 17.7 Å². The molecule has 2 atom stereocenters. The molecular weight excluding hydrogens is 302 g/mol. The second-order valence-corrected chi connectivity index (χ2v) is 5.45. The highest BCUT2D eigenvalue weighted by Crippen LogP contribution is 2.27. The quantitative estimate of drug-likeness (QED) is 0.746. The number of hydrogen-bond donors (Lipinski definition) is 2. The van der Waals surface area contributed by atoms with Gasteiger partial charge in [-0.15, -0.1) is 0 Å². The van der Waals surface area contributed by atoms with E-state index in [4.69, 9.17) is 4.42 Å². The van der Waals surface area contributed by atoms with E-state index in [1.807, 2.05) is 6.92 Å². The number of rotatable bonds is 5. The van der Waals surface area contributed by atoms with Crippen molar-refractivity contribution in [1.29, 1.82) is 0 Å². The van der Waals surface area contributed by atoms with Crippen molar-refractivity contribution in [3.05, 3.63) is 60.2 Å². The van der Waals surface area contributed by atoms with Crippen molar-refractivity contribution in [2.24, 2.45) is 0 Å². The Morgan fingerprint density at radius 2 is 2.13 bits per heavy atom. The van der Waals surface area contributed by atoms with E-state index in [9.17, 15) is 13.9 Å². The van der Waals surface area contributed by atoms with E-state index >= 15 is 0 Å². The number of hydrogen-bond acceptors (Lipinski definition) is 4. The SMILES string of the molecule is CC(CC(O)c1ccco1)Nc1ccnc2c(F)cc(F)cc12. The summed E-state index contributed by atoms with van der Waals surface area (Å²) in [5.74, 6) is -0.878. The van der Waals surface area contributed by atoms with Gasteiger partial charge in [0.15, 0.2) is 5.82 Å². The normalized spacial score (nSPS) is 13.9. The second kappa shape index (κ2) is 6.34. The number of pyridine rings is 1. The molecule has 0 aliphatic heterocycles. The first-order chi connectivity index (χ1) is 11.0. The lowest BCUT2D eigenvalue weighted by Gasteiger charge is -2.19. The molecule has 120 valence electrons. The number of nitrogens with zero attached hydrogens (tertiary/aromatic N) is 1. The van der Waals surface area contributed by atoms with Gasteiger partial charge in [-0.25, -0.2) is 8.78 Å². The lowest BCUT2D eigenvalue weighted by molar-refractivity contribution is 0.136. The van der Waals surface area contributed by atoms with Crippen LogP contribution in [0.3, 0.4) is 0 Å². The summed E-state index contributed by atoms with van der Waals surface area (Å²) in [6.45, 7) is 1.87. The number of halogens is 2. The predicted octanol–water partition coefficient (Wildman–Crippen LogP) is 4.03. The summed E-state index contributed by atoms with van der Waals surface area (Å²) < 4.78 is 32.4. The fourth-order valence-corrected chi connectivity index (χ4v) is 2.56. The molecule has 0 spiro atoms. The Morgan fingerprint density at radius 3 is 2.87 bits per heavy atom. The Kier molecular flexibility index (Phi) is 4.25. The molecule has 0 radical (unpaired) electrons. The molecule has 2 aromatic heterocycles. The average molecular weight is 318 g/mol. The number of anilines is 1. The number of fused-ring (bicyclic) bond motifs is 1. The van der Waals surface area contributed by atoms with E-state index in [2.05, 4.69) is 10.3 Å². The molecule has 2 heterocycles. The molecule has 0 saturated carbocycles. The van der Waals surface area contributed by atoms with Gasteiger partial charge in [0.1, 0.15) is 23.2 Å². The van der Waals surface area contributed by atoms with E-state index in [-0.39, 0.29) is 11.6 Å². The number of nitrogens with one attached hydrogen (secondary N) is 1. The largest absolute Gasteiger partial charge is 0.467 e. The fourth-order valence-electron chi connectivity index (χ4n) is 2.56. The molecule has 0 amide bonds. The van der Waals surface area contributed by atoms with Crippen LogP contribution in [0.15, 0.2) is 47.2 Å². The van der Waals surface area contributed by atoms with Crippen LogP contribution >= 0.6 is 0 Å². The maximum atomic E-state index is 13.8.